The van der Waals surface area contributed by atoms with E-state index in [0.717, 1.165) is 12.1 Å². The molecule has 0 aliphatic carbocycles. The zero-order valence-corrected chi connectivity index (χ0v) is 35.6. The molecule has 5 rings (SSSR count). The fraction of sp³-hybridized carbons (Fsp3) is 0.250. The fourth-order valence-electron chi connectivity index (χ4n) is 7.25. The van der Waals surface area contributed by atoms with Gasteiger partial charge in [-0.25, -0.2) is 42.1 Å². The Kier molecular flexibility index (Phi) is 14.3. The Hall–Kier alpha value is -4.35. The molecule has 0 aromatic heterocycles. The highest BCUT2D eigenvalue weighted by molar-refractivity contribution is 7.86. The lowest BCUT2D eigenvalue weighted by atomic mass is 9.74. The Morgan fingerprint density at radius 1 is 0.350 bits per heavy atom. The molecule has 20 heteroatoms. The van der Waals surface area contributed by atoms with Crippen molar-refractivity contribution in [2.75, 3.05) is 0 Å². The van der Waals surface area contributed by atoms with Crippen LogP contribution in [0.15, 0.2) is 146 Å². The minimum Gasteiger partial charge on any atom is -0.744 e. The van der Waals surface area contributed by atoms with Gasteiger partial charge in [0.25, 0.3) is 0 Å². The molecule has 0 saturated carbocycles. The van der Waals surface area contributed by atoms with Gasteiger partial charge in [0.15, 0.2) is 0 Å². The highest BCUT2D eigenvalue weighted by atomic mass is 32.2. The number of benzene rings is 5. The fourth-order valence-corrected chi connectivity index (χ4v) is 9.60. The largest absolute Gasteiger partial charge is 0.744 e. The van der Waals surface area contributed by atoms with E-state index in [-0.39, 0.29) is 18.8 Å². The van der Waals surface area contributed by atoms with E-state index in [1.807, 2.05) is 6.92 Å². The summed E-state index contributed by atoms with van der Waals surface area (Å²) in [4.78, 5) is -2.27. The minimum absolute atomic E-state index is 0.268. The maximum Gasteiger partial charge on any atom is 0.124 e. The number of hydrogen-bond donors (Lipinski definition) is 0. The van der Waals surface area contributed by atoms with Crippen LogP contribution in [-0.4, -0.2) is 64.9 Å². The number of hydrogen-bond acceptors (Lipinski definition) is 15. The van der Waals surface area contributed by atoms with E-state index < -0.39 is 92.8 Å². The van der Waals surface area contributed by atoms with Crippen LogP contribution < -0.4 is 0 Å². The van der Waals surface area contributed by atoms with Gasteiger partial charge in [-0.1, -0.05) is 67.6 Å². The molecular weight excluding hydrogens is 881 g/mol. The van der Waals surface area contributed by atoms with Crippen molar-refractivity contribution < 1.29 is 64.9 Å². The van der Waals surface area contributed by atoms with Crippen molar-refractivity contribution in [1.82, 2.24) is 0 Å². The maximum atomic E-state index is 11.9. The molecule has 4 atom stereocenters. The molecule has 0 aliphatic rings. The summed E-state index contributed by atoms with van der Waals surface area (Å²) in [5, 5.41) is 0. The van der Waals surface area contributed by atoms with Crippen LogP contribution in [0.2, 0.25) is 0 Å². The standard InChI is InChI=1S/C40H42O15S5/c1-27(29-6-16-37(17-7-29)57(44,45)46)24-34(31-10-20-39(21-11-31)59(50,51)52)26-35(32-12-22-40(23-13-32)60(53,54)55)25-33(30-8-18-38(19-9-30)58(47,48)49)5-2-28-3-14-36(15-4-28)56(41,42)43/h3-4,6-23,27,33-35H,2,5,24-26H2,1H3,(H,41,42,43)(H,44,45,46)(H,47,48,49)(H,50,51,52)(H,53,54,55)/p-5. The van der Waals surface area contributed by atoms with Crippen LogP contribution in [0, 0.1) is 0 Å². The Labute approximate surface area is 349 Å². The van der Waals surface area contributed by atoms with Crippen molar-refractivity contribution >= 4 is 50.6 Å². The van der Waals surface area contributed by atoms with Crippen LogP contribution in [-0.2, 0) is 57.0 Å². The van der Waals surface area contributed by atoms with Gasteiger partial charge in [-0.15, -0.1) is 0 Å². The van der Waals surface area contributed by atoms with Gasteiger partial charge in [-0.3, -0.25) is 0 Å². The van der Waals surface area contributed by atoms with Crippen LogP contribution in [0.5, 0.6) is 0 Å². The molecule has 4 unspecified atom stereocenters. The first-order chi connectivity index (χ1) is 27.8. The van der Waals surface area contributed by atoms with Crippen molar-refractivity contribution in [2.45, 2.75) is 87.2 Å². The van der Waals surface area contributed by atoms with Crippen LogP contribution in [0.25, 0.3) is 0 Å². The van der Waals surface area contributed by atoms with Gasteiger partial charge >= 0.3 is 0 Å². The highest BCUT2D eigenvalue weighted by Crippen LogP contribution is 2.43. The van der Waals surface area contributed by atoms with E-state index in [4.69, 9.17) is 0 Å². The summed E-state index contributed by atoms with van der Waals surface area (Å²) in [5.74, 6) is -1.69. The van der Waals surface area contributed by atoms with Gasteiger partial charge < -0.3 is 22.8 Å². The average molecular weight is 918 g/mol. The van der Waals surface area contributed by atoms with Gasteiger partial charge in [-0.05, 0) is 144 Å². The molecule has 5 aromatic carbocycles. The molecule has 0 aliphatic heterocycles. The first-order valence-electron chi connectivity index (χ1n) is 18.1. The van der Waals surface area contributed by atoms with E-state index >= 15 is 0 Å². The molecule has 322 valence electrons. The van der Waals surface area contributed by atoms with E-state index in [1.54, 1.807) is 0 Å². The number of rotatable bonds is 18. The summed E-state index contributed by atoms with van der Waals surface area (Å²) >= 11 is 0. The summed E-state index contributed by atoms with van der Waals surface area (Å²) in [7, 11) is -23.9. The maximum absolute atomic E-state index is 11.9. The molecule has 0 fully saturated rings. The van der Waals surface area contributed by atoms with Gasteiger partial charge in [0.2, 0.25) is 0 Å². The zero-order chi connectivity index (χ0) is 44.3. The van der Waals surface area contributed by atoms with Gasteiger partial charge in [0.05, 0.1) is 24.5 Å². The Balaban J connectivity index is 1.59. The third kappa shape index (κ3) is 12.6. The Bertz CT molecular complexity index is 2850. The van der Waals surface area contributed by atoms with Crippen LogP contribution in [0.3, 0.4) is 0 Å². The predicted molar refractivity (Wildman–Crippen MR) is 211 cm³/mol. The van der Waals surface area contributed by atoms with E-state index in [9.17, 15) is 64.9 Å². The second-order valence-electron chi connectivity index (χ2n) is 14.4. The summed E-state index contributed by atoms with van der Waals surface area (Å²) < 4.78 is 176. The van der Waals surface area contributed by atoms with Gasteiger partial charge in [0, 0.05) is 0 Å². The quantitative estimate of drug-likeness (QED) is 0.0986. The molecule has 0 N–H and O–H groups in total. The van der Waals surface area contributed by atoms with E-state index in [2.05, 4.69) is 0 Å². The second kappa shape index (κ2) is 18.3. The van der Waals surface area contributed by atoms with Crippen molar-refractivity contribution in [3.8, 4) is 0 Å². The SMILES string of the molecule is CC(CC(CC(CC(CCc1ccc(S(=O)(=O)[O-])cc1)c1ccc(S(=O)(=O)[O-])cc1)c1ccc(S(=O)(=O)[O-])cc1)c1ccc(S(=O)(=O)[O-])cc1)c1ccc(S(=O)(=O)[O-])cc1. The third-order valence-electron chi connectivity index (χ3n) is 10.4. The summed E-state index contributed by atoms with van der Waals surface area (Å²) in [6.07, 6.45) is 1.55. The third-order valence-corrected chi connectivity index (χ3v) is 14.7. The highest BCUT2D eigenvalue weighted by Gasteiger charge is 2.27. The predicted octanol–water partition coefficient (Wildman–Crippen LogP) is 5.47. The molecule has 60 heavy (non-hydrogen) atoms. The second-order valence-corrected chi connectivity index (χ2v) is 21.3. The summed E-state index contributed by atoms with van der Waals surface area (Å²) in [6, 6.07) is 26.6. The van der Waals surface area contributed by atoms with Gasteiger partial charge in [-0.2, -0.15) is 0 Å². The average Bonchev–Trinajstić information content (AvgIpc) is 3.17. The first-order valence-corrected chi connectivity index (χ1v) is 25.1. The molecule has 0 spiro atoms. The molecule has 0 bridgehead atoms. The van der Waals surface area contributed by atoms with E-state index in [1.165, 1.54) is 109 Å². The molecule has 0 heterocycles. The van der Waals surface area contributed by atoms with Crippen molar-refractivity contribution in [1.29, 1.82) is 0 Å². The first kappa shape index (κ1) is 46.7. The summed E-state index contributed by atoms with van der Waals surface area (Å²) in [5.41, 5.74) is 3.11. The molecular formula is C40H37O15S5-5. The Morgan fingerprint density at radius 3 is 0.917 bits per heavy atom. The monoisotopic (exact) mass is 917 g/mol. The minimum atomic E-state index is -4.83. The molecule has 0 saturated heterocycles. The lowest BCUT2D eigenvalue weighted by molar-refractivity contribution is 0.423. The molecule has 5 aromatic rings. The molecule has 0 radical (unpaired) electrons. The zero-order valence-electron chi connectivity index (χ0n) is 31.6. The van der Waals surface area contributed by atoms with Crippen LogP contribution in [0.1, 0.15) is 84.1 Å². The normalized spacial score (nSPS) is 14.9. The summed E-state index contributed by atoms with van der Waals surface area (Å²) in [6.45, 7) is 1.85. The lowest BCUT2D eigenvalue weighted by Gasteiger charge is -2.30. The molecule has 15 nitrogen and oxygen atoms in total. The Morgan fingerprint density at radius 2 is 0.600 bits per heavy atom. The topological polar surface area (TPSA) is 286 Å². The molecule has 0 amide bonds. The van der Waals surface area contributed by atoms with Crippen molar-refractivity contribution in [2.24, 2.45) is 0 Å². The smallest absolute Gasteiger partial charge is 0.124 e. The van der Waals surface area contributed by atoms with Crippen molar-refractivity contribution in [3.63, 3.8) is 0 Å². The van der Waals surface area contributed by atoms with Crippen molar-refractivity contribution in [3.05, 3.63) is 149 Å². The van der Waals surface area contributed by atoms with Crippen LogP contribution >= 0.6 is 0 Å². The number of aryl methyl sites for hydroxylation is 1. The van der Waals surface area contributed by atoms with Gasteiger partial charge in [0.1, 0.15) is 50.6 Å². The van der Waals surface area contributed by atoms with Crippen LogP contribution in [0.4, 0.5) is 0 Å². The van der Waals surface area contributed by atoms with E-state index in [0.29, 0.717) is 47.1 Å². The lowest BCUT2D eigenvalue weighted by Crippen LogP contribution is -2.14.